The first kappa shape index (κ1) is 22.7. The third-order valence-corrected chi connectivity index (χ3v) is 3.68. The van der Waals surface area contributed by atoms with Crippen LogP contribution in [0.25, 0.3) is 0 Å². The summed E-state index contributed by atoms with van der Waals surface area (Å²) in [6, 6.07) is 8.18. The molecule has 2 aromatic rings. The van der Waals surface area contributed by atoms with E-state index >= 15 is 0 Å². The van der Waals surface area contributed by atoms with Crippen LogP contribution in [0, 0.1) is 0 Å². The third kappa shape index (κ3) is 7.42. The maximum absolute atomic E-state index is 12.3. The Morgan fingerprint density at radius 2 is 1.87 bits per heavy atom. The van der Waals surface area contributed by atoms with Gasteiger partial charge in [0.2, 0.25) is 5.91 Å². The van der Waals surface area contributed by atoms with E-state index in [0.717, 1.165) is 0 Å². The number of nitrogens with one attached hydrogen (secondary N) is 3. The number of pyridine rings is 1. The summed E-state index contributed by atoms with van der Waals surface area (Å²) in [6.45, 7) is 5.41. The van der Waals surface area contributed by atoms with Crippen LogP contribution in [0.1, 0.15) is 37.6 Å². The van der Waals surface area contributed by atoms with Crippen molar-refractivity contribution in [1.82, 2.24) is 10.3 Å². The zero-order chi connectivity index (χ0) is 22.1. The lowest BCUT2D eigenvalue weighted by atomic mass is 10.2. The van der Waals surface area contributed by atoms with E-state index in [1.165, 1.54) is 13.3 Å². The number of anilines is 2. The predicted octanol–water partition coefficient (Wildman–Crippen LogP) is 3.20. The molecular weight excluding hydrogens is 388 g/mol. The first-order valence-electron chi connectivity index (χ1n) is 9.34. The maximum Gasteiger partial charge on any atom is 0.407 e. The highest BCUT2D eigenvalue weighted by Gasteiger charge is 2.16. The summed E-state index contributed by atoms with van der Waals surface area (Å²) >= 11 is 0. The minimum atomic E-state index is -0.600. The van der Waals surface area contributed by atoms with Gasteiger partial charge in [-0.15, -0.1) is 0 Å². The molecule has 1 heterocycles. The molecule has 0 radical (unpaired) electrons. The fourth-order valence-electron chi connectivity index (χ4n) is 2.38. The second-order valence-electron chi connectivity index (χ2n) is 7.34. The number of alkyl carbamates (subject to hydrolysis) is 1. The molecule has 3 N–H and O–H groups in total. The number of nitrogens with zero attached hydrogens (tertiary/aromatic N) is 1. The highest BCUT2D eigenvalue weighted by Crippen LogP contribution is 2.28. The van der Waals surface area contributed by atoms with Crippen molar-refractivity contribution < 1.29 is 23.9 Å². The molecule has 1 aromatic carbocycles. The molecule has 0 saturated carbocycles. The molecule has 1 aromatic heterocycles. The third-order valence-electron chi connectivity index (χ3n) is 3.68. The normalized spacial score (nSPS) is 10.7. The molecule has 0 fully saturated rings. The van der Waals surface area contributed by atoms with Gasteiger partial charge in [-0.1, -0.05) is 0 Å². The number of ether oxygens (including phenoxy) is 2. The molecule has 0 aliphatic rings. The highest BCUT2D eigenvalue weighted by molar-refractivity contribution is 6.05. The van der Waals surface area contributed by atoms with Crippen LogP contribution < -0.4 is 20.7 Å². The molecule has 0 atom stereocenters. The van der Waals surface area contributed by atoms with Crippen molar-refractivity contribution in [2.75, 3.05) is 24.3 Å². The van der Waals surface area contributed by atoms with Crippen molar-refractivity contribution in [3.63, 3.8) is 0 Å². The molecule has 0 saturated heterocycles. The van der Waals surface area contributed by atoms with E-state index < -0.39 is 11.7 Å². The van der Waals surface area contributed by atoms with E-state index in [2.05, 4.69) is 20.9 Å². The van der Waals surface area contributed by atoms with Crippen molar-refractivity contribution in [2.24, 2.45) is 0 Å². The summed E-state index contributed by atoms with van der Waals surface area (Å²) in [6.07, 6.45) is 2.53. The van der Waals surface area contributed by atoms with Gasteiger partial charge >= 0.3 is 6.09 Å². The van der Waals surface area contributed by atoms with Gasteiger partial charge in [0, 0.05) is 37.1 Å². The Morgan fingerprint density at radius 1 is 1.10 bits per heavy atom. The van der Waals surface area contributed by atoms with Crippen molar-refractivity contribution in [1.29, 1.82) is 0 Å². The van der Waals surface area contributed by atoms with Gasteiger partial charge in [-0.05, 0) is 45.0 Å². The monoisotopic (exact) mass is 414 g/mol. The Hall–Kier alpha value is -3.62. The number of rotatable bonds is 7. The van der Waals surface area contributed by atoms with Crippen LogP contribution in [0.5, 0.6) is 5.75 Å². The van der Waals surface area contributed by atoms with Gasteiger partial charge in [0.25, 0.3) is 5.91 Å². The van der Waals surface area contributed by atoms with Crippen LogP contribution in [0.3, 0.4) is 0 Å². The van der Waals surface area contributed by atoms with E-state index in [0.29, 0.717) is 22.7 Å². The minimum absolute atomic E-state index is 0.0705. The summed E-state index contributed by atoms with van der Waals surface area (Å²) in [7, 11) is 1.46. The minimum Gasteiger partial charge on any atom is -0.494 e. The average molecular weight is 414 g/mol. The smallest absolute Gasteiger partial charge is 0.407 e. The topological polar surface area (TPSA) is 119 Å². The van der Waals surface area contributed by atoms with Crippen molar-refractivity contribution in [3.8, 4) is 5.75 Å². The number of carbonyl (C=O) groups excluding carboxylic acids is 3. The predicted molar refractivity (Wildman–Crippen MR) is 113 cm³/mol. The fourth-order valence-corrected chi connectivity index (χ4v) is 2.38. The van der Waals surface area contributed by atoms with E-state index in [4.69, 9.17) is 9.47 Å². The van der Waals surface area contributed by atoms with E-state index in [-0.39, 0.29) is 24.8 Å². The van der Waals surface area contributed by atoms with Gasteiger partial charge in [0.1, 0.15) is 11.4 Å². The highest BCUT2D eigenvalue weighted by atomic mass is 16.6. The molecule has 3 amide bonds. The van der Waals surface area contributed by atoms with E-state index in [1.54, 1.807) is 57.3 Å². The number of benzene rings is 1. The van der Waals surface area contributed by atoms with Gasteiger partial charge < -0.3 is 25.4 Å². The molecule has 160 valence electrons. The molecule has 0 aliphatic carbocycles. The first-order valence-corrected chi connectivity index (χ1v) is 9.34. The molecule has 0 unspecified atom stereocenters. The van der Waals surface area contributed by atoms with Crippen molar-refractivity contribution >= 4 is 29.3 Å². The zero-order valence-corrected chi connectivity index (χ0v) is 17.4. The van der Waals surface area contributed by atoms with Crippen LogP contribution >= 0.6 is 0 Å². The van der Waals surface area contributed by atoms with Crippen LogP contribution in [-0.4, -0.2) is 42.1 Å². The van der Waals surface area contributed by atoms with Gasteiger partial charge in [-0.2, -0.15) is 0 Å². The van der Waals surface area contributed by atoms with Crippen LogP contribution in [0.15, 0.2) is 42.7 Å². The molecular formula is C21H26N4O5. The summed E-state index contributed by atoms with van der Waals surface area (Å²) in [5.74, 6) is -0.233. The number of carbonyl (C=O) groups is 3. The Kier molecular flexibility index (Phi) is 7.74. The number of hydrogen-bond acceptors (Lipinski definition) is 6. The molecule has 9 heteroatoms. The fraction of sp³-hybridized carbons (Fsp3) is 0.333. The molecule has 0 spiro atoms. The Balaban J connectivity index is 1.90. The van der Waals surface area contributed by atoms with Gasteiger partial charge in [-0.3, -0.25) is 14.6 Å². The first-order chi connectivity index (χ1) is 14.2. The maximum atomic E-state index is 12.3. The number of aromatic nitrogens is 1. The van der Waals surface area contributed by atoms with Gasteiger partial charge in [-0.25, -0.2) is 4.79 Å². The van der Waals surface area contributed by atoms with Crippen molar-refractivity contribution in [3.05, 3.63) is 48.3 Å². The van der Waals surface area contributed by atoms with Crippen LogP contribution in [0.4, 0.5) is 16.2 Å². The molecule has 0 aliphatic heterocycles. The second kappa shape index (κ2) is 10.2. The van der Waals surface area contributed by atoms with Gasteiger partial charge in [0.05, 0.1) is 18.4 Å². The number of amides is 3. The Labute approximate surface area is 175 Å². The lowest BCUT2D eigenvalue weighted by Crippen LogP contribution is -2.34. The lowest BCUT2D eigenvalue weighted by molar-refractivity contribution is -0.116. The number of methoxy groups -OCH3 is 1. The molecule has 0 bridgehead atoms. The lowest BCUT2D eigenvalue weighted by Gasteiger charge is -2.19. The van der Waals surface area contributed by atoms with E-state index in [9.17, 15) is 14.4 Å². The Morgan fingerprint density at radius 3 is 2.50 bits per heavy atom. The van der Waals surface area contributed by atoms with Crippen LogP contribution in [0.2, 0.25) is 0 Å². The van der Waals surface area contributed by atoms with E-state index in [1.807, 2.05) is 0 Å². The average Bonchev–Trinajstić information content (AvgIpc) is 2.68. The van der Waals surface area contributed by atoms with Gasteiger partial charge in [0.15, 0.2) is 0 Å². The van der Waals surface area contributed by atoms with Crippen LogP contribution in [-0.2, 0) is 9.53 Å². The molecule has 9 nitrogen and oxygen atoms in total. The molecule has 2 rings (SSSR count). The number of hydrogen-bond donors (Lipinski definition) is 3. The summed E-state index contributed by atoms with van der Waals surface area (Å²) in [5, 5.41) is 7.99. The second-order valence-corrected chi connectivity index (χ2v) is 7.34. The molecule has 30 heavy (non-hydrogen) atoms. The van der Waals surface area contributed by atoms with Crippen molar-refractivity contribution in [2.45, 2.75) is 32.8 Å². The standard InChI is InChI=1S/C21H26N4O5/c1-21(2,3)30-20(28)23-11-9-18(26)24-15-7-8-16(17(12-15)29-4)25-19(27)14-6-5-10-22-13-14/h5-8,10,12-13H,9,11H2,1-4H3,(H,23,28)(H,24,26)(H,25,27). The SMILES string of the molecule is COc1cc(NC(=O)CCNC(=O)OC(C)(C)C)ccc1NC(=O)c1cccnc1. The largest absolute Gasteiger partial charge is 0.494 e. The zero-order valence-electron chi connectivity index (χ0n) is 17.4. The summed E-state index contributed by atoms with van der Waals surface area (Å²) in [4.78, 5) is 39.9. The quantitative estimate of drug-likeness (QED) is 0.640. The Bertz CT molecular complexity index is 894. The summed E-state index contributed by atoms with van der Waals surface area (Å²) < 4.78 is 10.4. The summed E-state index contributed by atoms with van der Waals surface area (Å²) in [5.41, 5.74) is 0.760.